The van der Waals surface area contributed by atoms with E-state index in [1.54, 1.807) is 5.57 Å². The van der Waals surface area contributed by atoms with Gasteiger partial charge in [0, 0.05) is 5.41 Å². The van der Waals surface area contributed by atoms with E-state index in [1.807, 2.05) is 5.57 Å². The average molecular weight is 385 g/mol. The summed E-state index contributed by atoms with van der Waals surface area (Å²) in [5.41, 5.74) is 5.19. The van der Waals surface area contributed by atoms with Crippen LogP contribution in [0.5, 0.6) is 0 Å². The number of fused-ring (bicyclic) bond motifs is 3. The van der Waals surface area contributed by atoms with Crippen LogP contribution in [0.25, 0.3) is 0 Å². The van der Waals surface area contributed by atoms with E-state index in [2.05, 4.69) is 34.6 Å². The lowest BCUT2D eigenvalue weighted by atomic mass is 9.27. The summed E-state index contributed by atoms with van der Waals surface area (Å²) in [6, 6.07) is 0. The van der Waals surface area contributed by atoms with Crippen LogP contribution in [0.4, 0.5) is 0 Å². The van der Waals surface area contributed by atoms with Crippen molar-refractivity contribution in [2.75, 3.05) is 0 Å². The predicted molar refractivity (Wildman–Crippen MR) is 117 cm³/mol. The van der Waals surface area contributed by atoms with E-state index in [9.17, 15) is 5.11 Å². The van der Waals surface area contributed by atoms with Gasteiger partial charge in [0.25, 0.3) is 0 Å². The van der Waals surface area contributed by atoms with Crippen LogP contribution in [0.1, 0.15) is 105 Å². The highest BCUT2D eigenvalue weighted by Crippen LogP contribution is 2.84. The Morgan fingerprint density at radius 2 is 1.68 bits per heavy atom. The summed E-state index contributed by atoms with van der Waals surface area (Å²) in [7, 11) is 0. The summed E-state index contributed by atoms with van der Waals surface area (Å²) in [5.74, 6) is 4.69. The van der Waals surface area contributed by atoms with Gasteiger partial charge in [-0.05, 0) is 91.8 Å². The molecule has 28 heavy (non-hydrogen) atoms. The smallest absolute Gasteiger partial charge is 0.0578 e. The Morgan fingerprint density at radius 1 is 0.893 bits per heavy atom. The molecule has 4 fully saturated rings. The van der Waals surface area contributed by atoms with Gasteiger partial charge in [-0.1, -0.05) is 65.0 Å². The molecule has 158 valence electrons. The van der Waals surface area contributed by atoms with Crippen LogP contribution in [0.3, 0.4) is 0 Å². The van der Waals surface area contributed by atoms with E-state index in [1.165, 1.54) is 57.8 Å². The molecule has 0 aromatic rings. The molecule has 1 nitrogen and oxygen atoms in total. The zero-order chi connectivity index (χ0) is 19.9. The highest BCUT2D eigenvalue weighted by atomic mass is 16.3. The van der Waals surface area contributed by atoms with Gasteiger partial charge in [0.15, 0.2) is 0 Å². The zero-order valence-electron chi connectivity index (χ0n) is 19.2. The summed E-state index contributed by atoms with van der Waals surface area (Å²) >= 11 is 0. The van der Waals surface area contributed by atoms with Crippen molar-refractivity contribution in [2.24, 2.45) is 45.8 Å². The minimum atomic E-state index is -0.0524. The van der Waals surface area contributed by atoms with E-state index in [-0.39, 0.29) is 6.10 Å². The monoisotopic (exact) mass is 384 g/mol. The van der Waals surface area contributed by atoms with Gasteiger partial charge < -0.3 is 5.11 Å². The fourth-order valence-corrected chi connectivity index (χ4v) is 9.73. The second-order valence-electron chi connectivity index (χ2n) is 12.6. The largest absolute Gasteiger partial charge is 0.393 e. The van der Waals surface area contributed by atoms with Crippen LogP contribution in [0, 0.1) is 45.8 Å². The maximum absolute atomic E-state index is 10.2. The molecule has 1 heteroatoms. The lowest BCUT2D eigenvalue weighted by Gasteiger charge is -2.77. The van der Waals surface area contributed by atoms with Gasteiger partial charge in [-0.15, -0.1) is 0 Å². The van der Waals surface area contributed by atoms with E-state index in [0.717, 1.165) is 42.4 Å². The first-order valence-electron chi connectivity index (χ1n) is 12.6. The fourth-order valence-electron chi connectivity index (χ4n) is 9.73. The van der Waals surface area contributed by atoms with Crippen molar-refractivity contribution in [3.8, 4) is 0 Å². The Hall–Kier alpha value is -0.300. The molecule has 0 amide bonds. The molecule has 1 N–H and O–H groups in total. The third-order valence-electron chi connectivity index (χ3n) is 11.2. The third-order valence-corrected chi connectivity index (χ3v) is 11.2. The first-order valence-corrected chi connectivity index (χ1v) is 12.6. The van der Waals surface area contributed by atoms with Gasteiger partial charge in [-0.3, -0.25) is 0 Å². The molecule has 0 heterocycles. The number of hydrogen-bond acceptors (Lipinski definition) is 1. The van der Waals surface area contributed by atoms with Gasteiger partial charge in [-0.25, -0.2) is 0 Å². The van der Waals surface area contributed by atoms with Crippen molar-refractivity contribution < 1.29 is 5.11 Å². The molecule has 0 aromatic heterocycles. The van der Waals surface area contributed by atoms with E-state index < -0.39 is 0 Å². The van der Waals surface area contributed by atoms with Crippen molar-refractivity contribution in [3.05, 3.63) is 11.1 Å². The standard InChI is InChI=1S/C27H44O/c1-17(2)7-6-8-18(3)20-9-10-21-23-16-24-22-15-19(28)11-12-26(22,5)27(23,24)14-13-25(20,21)4/h17-21,23,28H,6-16H2,1-5H3/t18-,19+,20-,21+,23+,25-,26+,27?/m1/s1. The maximum atomic E-state index is 10.2. The van der Waals surface area contributed by atoms with Gasteiger partial charge in [0.05, 0.1) is 6.10 Å². The maximum Gasteiger partial charge on any atom is 0.0578 e. The van der Waals surface area contributed by atoms with Crippen molar-refractivity contribution >= 4 is 0 Å². The summed E-state index contributed by atoms with van der Waals surface area (Å²) < 4.78 is 0. The number of aliphatic hydroxyl groups is 1. The Balaban J connectivity index is 1.34. The number of allylic oxidation sites excluding steroid dienone is 1. The topological polar surface area (TPSA) is 20.2 Å². The predicted octanol–water partition coefficient (Wildman–Crippen LogP) is 7.14. The molecule has 0 aromatic carbocycles. The van der Waals surface area contributed by atoms with Crippen LogP contribution in [0.2, 0.25) is 0 Å². The fraction of sp³-hybridized carbons (Fsp3) is 0.926. The van der Waals surface area contributed by atoms with Crippen molar-refractivity contribution in [3.63, 3.8) is 0 Å². The number of rotatable bonds is 5. The second-order valence-corrected chi connectivity index (χ2v) is 12.6. The van der Waals surface area contributed by atoms with Gasteiger partial charge in [0.2, 0.25) is 0 Å². The normalized spacial score (nSPS) is 50.2. The molecule has 8 atom stereocenters. The Bertz CT molecular complexity index is 676. The molecule has 0 bridgehead atoms. The van der Waals surface area contributed by atoms with Gasteiger partial charge >= 0.3 is 0 Å². The molecule has 4 saturated carbocycles. The molecule has 5 aliphatic carbocycles. The number of aliphatic hydroxyl groups excluding tert-OH is 1. The molecule has 1 spiro atoms. The lowest BCUT2D eigenvalue weighted by molar-refractivity contribution is -0.170. The molecule has 1 unspecified atom stereocenters. The van der Waals surface area contributed by atoms with Crippen molar-refractivity contribution in [2.45, 2.75) is 111 Å². The van der Waals surface area contributed by atoms with E-state index in [0.29, 0.717) is 16.2 Å². The summed E-state index contributed by atoms with van der Waals surface area (Å²) in [6.45, 7) is 12.6. The first kappa shape index (κ1) is 19.7. The third kappa shape index (κ3) is 2.29. The summed E-state index contributed by atoms with van der Waals surface area (Å²) in [6.07, 6.45) is 14.9. The van der Waals surface area contributed by atoms with Crippen molar-refractivity contribution in [1.82, 2.24) is 0 Å². The molecular formula is C27H44O. The lowest BCUT2D eigenvalue weighted by Crippen LogP contribution is -2.69. The zero-order valence-corrected chi connectivity index (χ0v) is 19.2. The number of hydrogen-bond donors (Lipinski definition) is 1. The van der Waals surface area contributed by atoms with E-state index >= 15 is 0 Å². The minimum Gasteiger partial charge on any atom is -0.393 e. The second kappa shape index (κ2) is 6.35. The highest BCUT2D eigenvalue weighted by Gasteiger charge is 2.75. The van der Waals surface area contributed by atoms with Crippen LogP contribution < -0.4 is 0 Å². The SMILES string of the molecule is CC(C)CCC[C@@H](C)[C@H]1CC[C@H]2[C@@H]3CC4=C5C[C@@H](O)CC[C@]5(C)C43CC[C@]12C. The molecule has 0 radical (unpaired) electrons. The Kier molecular flexibility index (Phi) is 4.46. The summed E-state index contributed by atoms with van der Waals surface area (Å²) in [5, 5.41) is 10.2. The van der Waals surface area contributed by atoms with Crippen LogP contribution in [-0.2, 0) is 0 Å². The van der Waals surface area contributed by atoms with E-state index in [4.69, 9.17) is 0 Å². The Labute approximate surface area is 173 Å². The minimum absolute atomic E-state index is 0.0524. The molecule has 5 aliphatic rings. The molecule has 0 aliphatic heterocycles. The average Bonchev–Trinajstić information content (AvgIpc) is 2.95. The quantitative estimate of drug-likeness (QED) is 0.499. The van der Waals surface area contributed by atoms with Gasteiger partial charge in [0.1, 0.15) is 0 Å². The van der Waals surface area contributed by atoms with Crippen molar-refractivity contribution in [1.29, 1.82) is 0 Å². The molecule has 5 rings (SSSR count). The van der Waals surface area contributed by atoms with Crippen LogP contribution in [-0.4, -0.2) is 11.2 Å². The molecular weight excluding hydrogens is 340 g/mol. The van der Waals surface area contributed by atoms with Gasteiger partial charge in [-0.2, -0.15) is 0 Å². The van der Waals surface area contributed by atoms with Crippen LogP contribution >= 0.6 is 0 Å². The highest BCUT2D eigenvalue weighted by molar-refractivity contribution is 5.53. The van der Waals surface area contributed by atoms with Crippen LogP contribution in [0.15, 0.2) is 11.1 Å². The summed E-state index contributed by atoms with van der Waals surface area (Å²) in [4.78, 5) is 0. The Morgan fingerprint density at radius 3 is 2.43 bits per heavy atom. The first-order chi connectivity index (χ1) is 13.2. The molecule has 0 saturated heterocycles.